The van der Waals surface area contributed by atoms with Gasteiger partial charge in [0.2, 0.25) is 5.91 Å². The monoisotopic (exact) mass is 444 g/mol. The van der Waals surface area contributed by atoms with Crippen LogP contribution in [0.5, 0.6) is 0 Å². The van der Waals surface area contributed by atoms with Crippen LogP contribution >= 0.6 is 0 Å². The Balaban J connectivity index is 1.47. The van der Waals surface area contributed by atoms with Gasteiger partial charge in [-0.05, 0) is 37.7 Å². The maximum Gasteiger partial charge on any atom is 0.260 e. The molecule has 0 saturated carbocycles. The molecule has 0 aliphatic carbocycles. The molecule has 1 aromatic heterocycles. The standard InChI is InChI=1S/C25H34F2N4O/c1-16-7-9-17(10-8-16)12-23(32)30-11-5-6-18(15-30)19-13-20(24(26)27)31-22(28-19)14-21(29-31)25(2,3)4/h7-10,14,18-20,24,28H,5-6,11-13,15H2,1-4H3/t18?,19-,20+/m0/s1. The van der Waals surface area contributed by atoms with E-state index in [2.05, 4.69) is 10.4 Å². The molecule has 1 saturated heterocycles. The number of hydrogen-bond acceptors (Lipinski definition) is 3. The van der Waals surface area contributed by atoms with E-state index in [1.165, 1.54) is 10.2 Å². The number of benzene rings is 1. The molecule has 2 aromatic rings. The van der Waals surface area contributed by atoms with Gasteiger partial charge in [0.05, 0.1) is 12.1 Å². The molecule has 0 bridgehead atoms. The molecule has 1 N–H and O–H groups in total. The number of alkyl halides is 2. The number of aromatic nitrogens is 2. The number of nitrogens with one attached hydrogen (secondary N) is 1. The number of halogens is 2. The number of fused-ring (bicyclic) bond motifs is 1. The summed E-state index contributed by atoms with van der Waals surface area (Å²) in [5.74, 6) is 0.924. The average molecular weight is 445 g/mol. The molecule has 2 aliphatic heterocycles. The molecule has 2 aliphatic rings. The van der Waals surface area contributed by atoms with Crippen molar-refractivity contribution >= 4 is 11.7 Å². The summed E-state index contributed by atoms with van der Waals surface area (Å²) in [7, 11) is 0. The van der Waals surface area contributed by atoms with E-state index in [4.69, 9.17) is 0 Å². The summed E-state index contributed by atoms with van der Waals surface area (Å²) < 4.78 is 29.4. The molecule has 7 heteroatoms. The Kier molecular flexibility index (Phi) is 6.28. The van der Waals surface area contributed by atoms with Gasteiger partial charge in [0.15, 0.2) is 0 Å². The number of hydrogen-bond donors (Lipinski definition) is 1. The third kappa shape index (κ3) is 4.81. The number of anilines is 1. The zero-order chi connectivity index (χ0) is 23.0. The second-order valence-electron chi connectivity index (χ2n) is 10.4. The lowest BCUT2D eigenvalue weighted by atomic mass is 9.85. The smallest absolute Gasteiger partial charge is 0.260 e. The Hall–Kier alpha value is -2.44. The molecule has 32 heavy (non-hydrogen) atoms. The van der Waals surface area contributed by atoms with Gasteiger partial charge in [0.1, 0.15) is 11.9 Å². The highest BCUT2D eigenvalue weighted by atomic mass is 19.3. The molecule has 4 rings (SSSR count). The fourth-order valence-corrected chi connectivity index (χ4v) is 4.81. The number of carbonyl (C=O) groups is 1. The number of likely N-dealkylation sites (tertiary alicyclic amines) is 1. The minimum absolute atomic E-state index is 0.0963. The summed E-state index contributed by atoms with van der Waals surface area (Å²) in [5, 5.41) is 8.00. The number of piperidine rings is 1. The van der Waals surface area contributed by atoms with E-state index >= 15 is 0 Å². The molecule has 1 fully saturated rings. The van der Waals surface area contributed by atoms with Crippen LogP contribution in [0.4, 0.5) is 14.6 Å². The van der Waals surface area contributed by atoms with Crippen molar-refractivity contribution in [2.24, 2.45) is 5.92 Å². The summed E-state index contributed by atoms with van der Waals surface area (Å²) in [6.45, 7) is 9.48. The number of nitrogens with zero attached hydrogens (tertiary/aromatic N) is 3. The molecule has 5 nitrogen and oxygen atoms in total. The number of rotatable bonds is 4. The van der Waals surface area contributed by atoms with Crippen LogP contribution in [0.1, 0.15) is 62.9 Å². The molecular weight excluding hydrogens is 410 g/mol. The minimum Gasteiger partial charge on any atom is -0.367 e. The highest BCUT2D eigenvalue weighted by Crippen LogP contribution is 2.38. The van der Waals surface area contributed by atoms with Crippen LogP contribution in [0.2, 0.25) is 0 Å². The van der Waals surface area contributed by atoms with Gasteiger partial charge in [0.25, 0.3) is 6.43 Å². The molecule has 0 radical (unpaired) electrons. The lowest BCUT2D eigenvalue weighted by Crippen LogP contribution is -2.48. The summed E-state index contributed by atoms with van der Waals surface area (Å²) in [4.78, 5) is 14.9. The van der Waals surface area contributed by atoms with E-state index in [9.17, 15) is 13.6 Å². The first-order valence-electron chi connectivity index (χ1n) is 11.6. The van der Waals surface area contributed by atoms with Crippen LogP contribution in [0.3, 0.4) is 0 Å². The third-order valence-electron chi connectivity index (χ3n) is 6.79. The van der Waals surface area contributed by atoms with Crippen molar-refractivity contribution in [1.29, 1.82) is 0 Å². The quantitative estimate of drug-likeness (QED) is 0.725. The van der Waals surface area contributed by atoms with E-state index in [-0.39, 0.29) is 23.3 Å². The minimum atomic E-state index is -2.48. The predicted octanol–water partition coefficient (Wildman–Crippen LogP) is 4.96. The maximum atomic E-state index is 14.0. The Bertz CT molecular complexity index is 948. The van der Waals surface area contributed by atoms with Gasteiger partial charge in [-0.1, -0.05) is 50.6 Å². The van der Waals surface area contributed by atoms with Crippen LogP contribution in [0.15, 0.2) is 30.3 Å². The first-order valence-corrected chi connectivity index (χ1v) is 11.6. The van der Waals surface area contributed by atoms with Gasteiger partial charge in [-0.2, -0.15) is 5.10 Å². The summed E-state index contributed by atoms with van der Waals surface area (Å²) in [5.41, 5.74) is 2.78. The van der Waals surface area contributed by atoms with Gasteiger partial charge in [-0.3, -0.25) is 4.79 Å². The molecule has 1 aromatic carbocycles. The average Bonchev–Trinajstić information content (AvgIpc) is 3.19. The van der Waals surface area contributed by atoms with E-state index in [1.807, 2.05) is 62.9 Å². The van der Waals surface area contributed by atoms with Crippen molar-refractivity contribution in [3.05, 3.63) is 47.2 Å². The second kappa shape index (κ2) is 8.83. The van der Waals surface area contributed by atoms with Gasteiger partial charge in [-0.25, -0.2) is 13.5 Å². The van der Waals surface area contributed by atoms with Crippen LogP contribution in [-0.4, -0.2) is 46.1 Å². The van der Waals surface area contributed by atoms with E-state index < -0.39 is 12.5 Å². The number of aryl methyl sites for hydroxylation is 1. The SMILES string of the molecule is Cc1ccc(CC(=O)N2CCCC([C@@H]3C[C@H](C(F)F)n4nc(C(C)(C)C)cc4N3)C2)cc1. The second-order valence-corrected chi connectivity index (χ2v) is 10.4. The van der Waals surface area contributed by atoms with Gasteiger partial charge < -0.3 is 10.2 Å². The predicted molar refractivity (Wildman–Crippen MR) is 122 cm³/mol. The molecule has 174 valence electrons. The van der Waals surface area contributed by atoms with Crippen molar-refractivity contribution in [2.45, 2.75) is 77.3 Å². The van der Waals surface area contributed by atoms with Crippen molar-refractivity contribution in [1.82, 2.24) is 14.7 Å². The summed E-state index contributed by atoms with van der Waals surface area (Å²) in [6.07, 6.45) is 0.0535. The van der Waals surface area contributed by atoms with Crippen molar-refractivity contribution in [3.8, 4) is 0 Å². The highest BCUT2D eigenvalue weighted by molar-refractivity contribution is 5.78. The molecular formula is C25H34F2N4O. The zero-order valence-corrected chi connectivity index (χ0v) is 19.4. The topological polar surface area (TPSA) is 50.2 Å². The normalized spacial score (nSPS) is 23.7. The van der Waals surface area contributed by atoms with E-state index in [0.717, 1.165) is 30.6 Å². The Morgan fingerprint density at radius 3 is 2.62 bits per heavy atom. The lowest BCUT2D eigenvalue weighted by molar-refractivity contribution is -0.132. The molecule has 3 atom stereocenters. The highest BCUT2D eigenvalue weighted by Gasteiger charge is 2.39. The Morgan fingerprint density at radius 2 is 1.97 bits per heavy atom. The first kappa shape index (κ1) is 22.7. The summed E-state index contributed by atoms with van der Waals surface area (Å²) >= 11 is 0. The van der Waals surface area contributed by atoms with Crippen LogP contribution in [0.25, 0.3) is 0 Å². The Morgan fingerprint density at radius 1 is 1.25 bits per heavy atom. The Labute approximate surface area is 189 Å². The van der Waals surface area contributed by atoms with E-state index in [1.54, 1.807) is 0 Å². The van der Waals surface area contributed by atoms with Gasteiger partial charge in [0, 0.05) is 30.6 Å². The fourth-order valence-electron chi connectivity index (χ4n) is 4.81. The first-order chi connectivity index (χ1) is 15.1. The fraction of sp³-hybridized carbons (Fsp3) is 0.600. The zero-order valence-electron chi connectivity index (χ0n) is 19.4. The number of amides is 1. The van der Waals surface area contributed by atoms with Gasteiger partial charge in [-0.15, -0.1) is 0 Å². The van der Waals surface area contributed by atoms with Crippen LogP contribution in [0, 0.1) is 12.8 Å². The molecule has 3 heterocycles. The van der Waals surface area contributed by atoms with Crippen LogP contribution in [-0.2, 0) is 16.6 Å². The number of carbonyl (C=O) groups excluding carboxylic acids is 1. The molecule has 0 spiro atoms. The molecule has 1 unspecified atom stereocenters. The summed E-state index contributed by atoms with van der Waals surface area (Å²) in [6, 6.07) is 8.91. The largest absolute Gasteiger partial charge is 0.367 e. The van der Waals surface area contributed by atoms with Crippen molar-refractivity contribution in [3.63, 3.8) is 0 Å². The molecule has 1 amide bonds. The lowest BCUT2D eigenvalue weighted by Gasteiger charge is -2.41. The van der Waals surface area contributed by atoms with E-state index in [0.29, 0.717) is 25.2 Å². The van der Waals surface area contributed by atoms with Crippen molar-refractivity contribution < 1.29 is 13.6 Å². The van der Waals surface area contributed by atoms with Gasteiger partial charge >= 0.3 is 0 Å². The van der Waals surface area contributed by atoms with Crippen molar-refractivity contribution in [2.75, 3.05) is 18.4 Å². The van der Waals surface area contributed by atoms with Crippen LogP contribution < -0.4 is 5.32 Å². The third-order valence-corrected chi connectivity index (χ3v) is 6.79. The maximum absolute atomic E-state index is 14.0.